The minimum atomic E-state index is -0.269. The van der Waals surface area contributed by atoms with Crippen LogP contribution in [0.5, 0.6) is 11.5 Å². The molecule has 0 unspecified atom stereocenters. The molecule has 6 nitrogen and oxygen atoms in total. The molecule has 0 aliphatic carbocycles. The molecular formula is C14H16N2O4S. The van der Waals surface area contributed by atoms with Gasteiger partial charge in [-0.2, -0.15) is 0 Å². The fourth-order valence-electron chi connectivity index (χ4n) is 1.71. The molecule has 1 amide bonds. The smallest absolute Gasteiger partial charge is 0.305 e. The Bertz CT molecular complexity index is 660. The Morgan fingerprint density at radius 3 is 2.52 bits per heavy atom. The normalized spacial score (nSPS) is 10.2. The third kappa shape index (κ3) is 4.09. The Morgan fingerprint density at radius 1 is 1.29 bits per heavy atom. The average molecular weight is 308 g/mol. The van der Waals surface area contributed by atoms with Gasteiger partial charge in [0.2, 0.25) is 0 Å². The van der Waals surface area contributed by atoms with E-state index in [-0.39, 0.29) is 10.8 Å². The fourth-order valence-corrected chi connectivity index (χ4v) is 2.47. The number of aryl methyl sites for hydroxylation is 1. The summed E-state index contributed by atoms with van der Waals surface area (Å²) in [6, 6.07) is 7.19. The van der Waals surface area contributed by atoms with Crippen LogP contribution in [0.4, 0.5) is 0 Å². The van der Waals surface area contributed by atoms with Crippen molar-refractivity contribution in [2.75, 3.05) is 20.3 Å². The number of nitrogens with one attached hydrogen (secondary N) is 2. The average Bonchev–Trinajstić information content (AvgIpc) is 2.83. The molecule has 1 aromatic heterocycles. The Labute approximate surface area is 125 Å². The van der Waals surface area contributed by atoms with E-state index in [0.717, 1.165) is 17.1 Å². The third-order valence-corrected chi connectivity index (χ3v) is 3.73. The molecule has 7 heteroatoms. The lowest BCUT2D eigenvalue weighted by atomic mass is 10.3. The van der Waals surface area contributed by atoms with Crippen LogP contribution >= 0.6 is 11.3 Å². The second kappa shape index (κ2) is 6.94. The molecule has 0 aliphatic rings. The number of ether oxygens (including phenoxy) is 2. The number of H-pyrrole nitrogens is 1. The predicted octanol–water partition coefficient (Wildman–Crippen LogP) is 1.56. The largest absolute Gasteiger partial charge is 0.497 e. The van der Waals surface area contributed by atoms with Crippen molar-refractivity contribution in [3.63, 3.8) is 0 Å². The van der Waals surface area contributed by atoms with Gasteiger partial charge in [-0.05, 0) is 31.2 Å². The van der Waals surface area contributed by atoms with E-state index in [1.165, 1.54) is 0 Å². The van der Waals surface area contributed by atoms with E-state index in [0.29, 0.717) is 29.5 Å². The highest BCUT2D eigenvalue weighted by Crippen LogP contribution is 2.16. The zero-order valence-electron chi connectivity index (χ0n) is 11.8. The first-order valence-electron chi connectivity index (χ1n) is 6.35. The molecule has 0 saturated carbocycles. The summed E-state index contributed by atoms with van der Waals surface area (Å²) in [5.41, 5.74) is 0.582. The minimum absolute atomic E-state index is 0.230. The Hall–Kier alpha value is -2.28. The number of thiazole rings is 1. The summed E-state index contributed by atoms with van der Waals surface area (Å²) >= 11 is 0.903. The van der Waals surface area contributed by atoms with Gasteiger partial charge in [0.05, 0.1) is 13.7 Å². The number of hydrogen-bond donors (Lipinski definition) is 2. The summed E-state index contributed by atoms with van der Waals surface area (Å²) in [5, 5.41) is 2.71. The molecule has 112 valence electrons. The molecule has 1 heterocycles. The fraction of sp³-hybridized carbons (Fsp3) is 0.286. The molecule has 21 heavy (non-hydrogen) atoms. The van der Waals surface area contributed by atoms with Crippen molar-refractivity contribution in [1.82, 2.24) is 10.3 Å². The molecule has 2 aromatic rings. The standard InChI is InChI=1S/C14H16N2O4S/c1-9-12(21-14(18)16-9)13(17)15-7-8-20-11-5-3-10(19-2)4-6-11/h3-6H,7-8H2,1-2H3,(H,15,17)(H,16,18). The lowest BCUT2D eigenvalue weighted by Gasteiger charge is -2.08. The van der Waals surface area contributed by atoms with E-state index in [4.69, 9.17) is 9.47 Å². The number of carbonyl (C=O) groups is 1. The van der Waals surface area contributed by atoms with Gasteiger partial charge in [-0.3, -0.25) is 9.59 Å². The maximum absolute atomic E-state index is 11.8. The summed E-state index contributed by atoms with van der Waals surface area (Å²) in [6.07, 6.45) is 0. The molecule has 2 rings (SSSR count). The van der Waals surface area contributed by atoms with E-state index >= 15 is 0 Å². The maximum atomic E-state index is 11.8. The summed E-state index contributed by atoms with van der Waals surface area (Å²) in [7, 11) is 1.60. The van der Waals surface area contributed by atoms with Crippen molar-refractivity contribution in [1.29, 1.82) is 0 Å². The number of rotatable bonds is 6. The van der Waals surface area contributed by atoms with Crippen LogP contribution in [0, 0.1) is 6.92 Å². The molecule has 0 fully saturated rings. The zero-order valence-corrected chi connectivity index (χ0v) is 12.6. The van der Waals surface area contributed by atoms with E-state index in [1.54, 1.807) is 38.3 Å². The second-order valence-corrected chi connectivity index (χ2v) is 5.23. The molecule has 0 radical (unpaired) electrons. The topological polar surface area (TPSA) is 80.4 Å². The van der Waals surface area contributed by atoms with E-state index in [1.807, 2.05) is 0 Å². The number of aromatic nitrogens is 1. The number of benzene rings is 1. The van der Waals surface area contributed by atoms with Gasteiger partial charge in [-0.1, -0.05) is 11.3 Å². The summed E-state index contributed by atoms with van der Waals surface area (Å²) in [4.78, 5) is 25.7. The molecule has 0 saturated heterocycles. The van der Waals surface area contributed by atoms with Crippen LogP contribution in [-0.4, -0.2) is 31.2 Å². The molecule has 0 spiro atoms. The van der Waals surface area contributed by atoms with Crippen LogP contribution in [0.25, 0.3) is 0 Å². The van der Waals surface area contributed by atoms with Crippen molar-refractivity contribution >= 4 is 17.2 Å². The Kier molecular flexibility index (Phi) is 4.99. The van der Waals surface area contributed by atoms with Crippen molar-refractivity contribution < 1.29 is 14.3 Å². The van der Waals surface area contributed by atoms with Gasteiger partial charge in [0.15, 0.2) is 0 Å². The van der Waals surface area contributed by atoms with Gasteiger partial charge < -0.3 is 19.8 Å². The summed E-state index contributed by atoms with van der Waals surface area (Å²) in [5.74, 6) is 1.19. The highest BCUT2D eigenvalue weighted by Gasteiger charge is 2.12. The molecule has 0 atom stereocenters. The van der Waals surface area contributed by atoms with Crippen LogP contribution < -0.4 is 19.7 Å². The van der Waals surface area contributed by atoms with Crippen LogP contribution in [-0.2, 0) is 0 Å². The summed E-state index contributed by atoms with van der Waals surface area (Å²) in [6.45, 7) is 2.40. The van der Waals surface area contributed by atoms with Crippen LogP contribution in [0.3, 0.4) is 0 Å². The van der Waals surface area contributed by atoms with Gasteiger partial charge in [0, 0.05) is 5.69 Å². The van der Waals surface area contributed by atoms with Crippen molar-refractivity contribution in [3.8, 4) is 11.5 Å². The molecule has 0 aliphatic heterocycles. The first-order chi connectivity index (χ1) is 10.1. The highest BCUT2D eigenvalue weighted by atomic mass is 32.1. The van der Waals surface area contributed by atoms with Crippen molar-refractivity contribution in [2.45, 2.75) is 6.92 Å². The first kappa shape index (κ1) is 15.1. The predicted molar refractivity (Wildman–Crippen MR) is 80.5 cm³/mol. The lowest BCUT2D eigenvalue weighted by molar-refractivity contribution is 0.0950. The van der Waals surface area contributed by atoms with Gasteiger partial charge >= 0.3 is 4.87 Å². The van der Waals surface area contributed by atoms with E-state index in [9.17, 15) is 9.59 Å². The minimum Gasteiger partial charge on any atom is -0.497 e. The summed E-state index contributed by atoms with van der Waals surface area (Å²) < 4.78 is 10.5. The van der Waals surface area contributed by atoms with E-state index in [2.05, 4.69) is 10.3 Å². The molecular weight excluding hydrogens is 292 g/mol. The number of hydrogen-bond acceptors (Lipinski definition) is 5. The van der Waals surface area contributed by atoms with E-state index < -0.39 is 0 Å². The quantitative estimate of drug-likeness (QED) is 0.794. The van der Waals surface area contributed by atoms with Crippen LogP contribution in [0.2, 0.25) is 0 Å². The molecule has 1 aromatic carbocycles. The van der Waals surface area contributed by atoms with Crippen LogP contribution in [0.1, 0.15) is 15.4 Å². The SMILES string of the molecule is COc1ccc(OCCNC(=O)c2sc(=O)[nH]c2C)cc1. The van der Waals surface area contributed by atoms with Crippen molar-refractivity contribution in [2.24, 2.45) is 0 Å². The van der Waals surface area contributed by atoms with Crippen molar-refractivity contribution in [3.05, 3.63) is 44.5 Å². The second-order valence-electron chi connectivity index (χ2n) is 4.25. The van der Waals surface area contributed by atoms with Gasteiger partial charge in [0.25, 0.3) is 5.91 Å². The Balaban J connectivity index is 1.77. The first-order valence-corrected chi connectivity index (χ1v) is 7.16. The molecule has 2 N–H and O–H groups in total. The number of amides is 1. The van der Waals surface area contributed by atoms with Gasteiger partial charge in [-0.25, -0.2) is 0 Å². The Morgan fingerprint density at radius 2 is 1.95 bits per heavy atom. The van der Waals surface area contributed by atoms with Gasteiger partial charge in [0.1, 0.15) is 23.0 Å². The number of carbonyl (C=O) groups excluding carboxylic acids is 1. The monoisotopic (exact) mass is 308 g/mol. The highest BCUT2D eigenvalue weighted by molar-refractivity contribution is 7.11. The third-order valence-electron chi connectivity index (χ3n) is 2.75. The number of aromatic amines is 1. The van der Waals surface area contributed by atoms with Crippen LogP contribution in [0.15, 0.2) is 29.1 Å². The maximum Gasteiger partial charge on any atom is 0.305 e. The number of methoxy groups -OCH3 is 1. The lowest BCUT2D eigenvalue weighted by Crippen LogP contribution is -2.27. The van der Waals surface area contributed by atoms with Gasteiger partial charge in [-0.15, -0.1) is 0 Å². The zero-order chi connectivity index (χ0) is 15.2. The molecule has 0 bridgehead atoms.